The zero-order valence-corrected chi connectivity index (χ0v) is 12.1. The van der Waals surface area contributed by atoms with E-state index in [1.54, 1.807) is 0 Å². The molecule has 0 heterocycles. The van der Waals surface area contributed by atoms with Gasteiger partial charge in [-0.2, -0.15) is 0 Å². The Labute approximate surface area is 110 Å². The predicted molar refractivity (Wildman–Crippen MR) is 71.3 cm³/mol. The first kappa shape index (κ1) is 15.4. The van der Waals surface area contributed by atoms with Crippen LogP contribution in [0.4, 0.5) is 0 Å². The number of carbonyl (C=O) groups excluding carboxylic acids is 1. The van der Waals surface area contributed by atoms with E-state index < -0.39 is 5.60 Å². The van der Waals surface area contributed by atoms with Crippen molar-refractivity contribution in [2.45, 2.75) is 64.5 Å². The Kier molecular flexibility index (Phi) is 5.17. The maximum absolute atomic E-state index is 11.6. The molecule has 0 aliphatic heterocycles. The highest BCUT2D eigenvalue weighted by Gasteiger charge is 2.36. The Morgan fingerprint density at radius 1 is 1.39 bits per heavy atom. The monoisotopic (exact) mass is 257 g/mol. The number of rotatable bonds is 4. The minimum Gasteiger partial charge on any atom is -0.466 e. The van der Waals surface area contributed by atoms with E-state index in [0.717, 1.165) is 12.8 Å². The maximum Gasteiger partial charge on any atom is 0.308 e. The molecule has 0 amide bonds. The summed E-state index contributed by atoms with van der Waals surface area (Å²) in [7, 11) is 0. The van der Waals surface area contributed by atoms with E-state index in [1.807, 2.05) is 6.92 Å². The summed E-state index contributed by atoms with van der Waals surface area (Å²) in [6, 6.07) is 0. The highest BCUT2D eigenvalue weighted by Crippen LogP contribution is 2.32. The molecule has 4 heteroatoms. The number of hydrogen-bond acceptors (Lipinski definition) is 4. The number of esters is 1. The van der Waals surface area contributed by atoms with E-state index in [9.17, 15) is 9.90 Å². The minimum absolute atomic E-state index is 0.00766. The van der Waals surface area contributed by atoms with Gasteiger partial charge in [-0.15, -0.1) is 0 Å². The number of ether oxygens (including phenoxy) is 1. The molecule has 4 nitrogen and oxygen atoms in total. The van der Waals surface area contributed by atoms with Crippen molar-refractivity contribution in [2.75, 3.05) is 13.2 Å². The van der Waals surface area contributed by atoms with Crippen LogP contribution in [0.15, 0.2) is 0 Å². The molecule has 1 fully saturated rings. The molecule has 1 aliphatic rings. The minimum atomic E-state index is -0.670. The van der Waals surface area contributed by atoms with Gasteiger partial charge in [0.1, 0.15) is 0 Å². The summed E-state index contributed by atoms with van der Waals surface area (Å²) in [5, 5.41) is 13.8. The molecule has 0 unspecified atom stereocenters. The lowest BCUT2D eigenvalue weighted by molar-refractivity contribution is -0.151. The van der Waals surface area contributed by atoms with Crippen LogP contribution in [0.25, 0.3) is 0 Å². The van der Waals surface area contributed by atoms with Crippen LogP contribution in [0, 0.1) is 5.92 Å². The summed E-state index contributed by atoms with van der Waals surface area (Å²) in [4.78, 5) is 11.6. The molecule has 0 aromatic heterocycles. The van der Waals surface area contributed by atoms with E-state index in [-0.39, 0.29) is 17.4 Å². The third-order valence-electron chi connectivity index (χ3n) is 3.48. The molecule has 18 heavy (non-hydrogen) atoms. The Hall–Kier alpha value is -0.610. The van der Waals surface area contributed by atoms with E-state index in [0.29, 0.717) is 26.0 Å². The summed E-state index contributed by atoms with van der Waals surface area (Å²) in [5.41, 5.74) is -0.663. The van der Waals surface area contributed by atoms with Crippen LogP contribution < -0.4 is 5.32 Å². The highest BCUT2D eigenvalue weighted by molar-refractivity contribution is 5.72. The van der Waals surface area contributed by atoms with Crippen molar-refractivity contribution in [1.29, 1.82) is 0 Å². The fourth-order valence-electron chi connectivity index (χ4n) is 2.26. The lowest BCUT2D eigenvalue weighted by atomic mass is 9.78. The van der Waals surface area contributed by atoms with Gasteiger partial charge < -0.3 is 15.2 Å². The third kappa shape index (κ3) is 4.94. The fraction of sp³-hybridized carbons (Fsp3) is 0.929. The molecule has 0 aromatic rings. The summed E-state index contributed by atoms with van der Waals surface area (Å²) >= 11 is 0. The molecule has 0 bridgehead atoms. The van der Waals surface area contributed by atoms with E-state index >= 15 is 0 Å². The molecule has 2 N–H and O–H groups in total. The van der Waals surface area contributed by atoms with Gasteiger partial charge in [0.15, 0.2) is 0 Å². The molecule has 106 valence electrons. The summed E-state index contributed by atoms with van der Waals surface area (Å²) in [6.07, 6.45) is 2.78. The largest absolute Gasteiger partial charge is 0.466 e. The van der Waals surface area contributed by atoms with Crippen LogP contribution in [0.1, 0.15) is 53.4 Å². The molecular formula is C14H27NO3. The zero-order valence-electron chi connectivity index (χ0n) is 12.1. The molecular weight excluding hydrogens is 230 g/mol. The second-order valence-electron chi connectivity index (χ2n) is 6.35. The van der Waals surface area contributed by atoms with Gasteiger partial charge in [0.25, 0.3) is 0 Å². The van der Waals surface area contributed by atoms with Crippen molar-refractivity contribution in [3.63, 3.8) is 0 Å². The van der Waals surface area contributed by atoms with Gasteiger partial charge in [-0.3, -0.25) is 4.79 Å². The lowest BCUT2D eigenvalue weighted by Gasteiger charge is -2.37. The van der Waals surface area contributed by atoms with E-state index in [4.69, 9.17) is 4.74 Å². The number of carbonyl (C=O) groups is 1. The Morgan fingerprint density at radius 2 is 1.94 bits per heavy atom. The third-order valence-corrected chi connectivity index (χ3v) is 3.48. The van der Waals surface area contributed by atoms with Gasteiger partial charge in [-0.05, 0) is 53.4 Å². The van der Waals surface area contributed by atoms with Gasteiger partial charge in [0.2, 0.25) is 0 Å². The van der Waals surface area contributed by atoms with Gasteiger partial charge in [-0.1, -0.05) is 0 Å². The van der Waals surface area contributed by atoms with Crippen LogP contribution in [0.3, 0.4) is 0 Å². The molecule has 0 saturated heterocycles. The quantitative estimate of drug-likeness (QED) is 0.755. The second-order valence-corrected chi connectivity index (χ2v) is 6.35. The summed E-state index contributed by atoms with van der Waals surface area (Å²) < 4.78 is 5.03. The first-order chi connectivity index (χ1) is 8.26. The van der Waals surface area contributed by atoms with Crippen LogP contribution in [0.5, 0.6) is 0 Å². The molecule has 0 spiro atoms. The van der Waals surface area contributed by atoms with Crippen LogP contribution in [-0.2, 0) is 9.53 Å². The number of hydrogen-bond donors (Lipinski definition) is 2. The van der Waals surface area contributed by atoms with Crippen LogP contribution in [0.2, 0.25) is 0 Å². The normalized spacial score (nSPS) is 29.1. The SMILES string of the molecule is CCOC(=O)C1CCC(O)(CNC(C)(C)C)CC1. The van der Waals surface area contributed by atoms with Crippen LogP contribution in [-0.4, -0.2) is 35.4 Å². The van der Waals surface area contributed by atoms with Crippen molar-refractivity contribution in [3.05, 3.63) is 0 Å². The first-order valence-electron chi connectivity index (χ1n) is 6.90. The fourth-order valence-corrected chi connectivity index (χ4v) is 2.26. The van der Waals surface area contributed by atoms with Crippen molar-refractivity contribution >= 4 is 5.97 Å². The Morgan fingerprint density at radius 3 is 2.39 bits per heavy atom. The summed E-state index contributed by atoms with van der Waals surface area (Å²) in [6.45, 7) is 9.10. The van der Waals surface area contributed by atoms with Gasteiger partial charge >= 0.3 is 5.97 Å². The van der Waals surface area contributed by atoms with Crippen molar-refractivity contribution in [1.82, 2.24) is 5.32 Å². The zero-order chi connectivity index (χ0) is 13.8. The number of nitrogens with one attached hydrogen (secondary N) is 1. The van der Waals surface area contributed by atoms with E-state index in [2.05, 4.69) is 26.1 Å². The molecule has 1 rings (SSSR count). The van der Waals surface area contributed by atoms with Gasteiger partial charge in [0, 0.05) is 12.1 Å². The average molecular weight is 257 g/mol. The maximum atomic E-state index is 11.6. The van der Waals surface area contributed by atoms with Crippen molar-refractivity contribution < 1.29 is 14.6 Å². The average Bonchev–Trinajstić information content (AvgIpc) is 2.27. The van der Waals surface area contributed by atoms with Gasteiger partial charge in [-0.25, -0.2) is 0 Å². The smallest absolute Gasteiger partial charge is 0.308 e. The molecule has 0 aromatic carbocycles. The summed E-state index contributed by atoms with van der Waals surface area (Å²) in [5.74, 6) is -0.136. The van der Waals surface area contributed by atoms with Gasteiger partial charge in [0.05, 0.1) is 18.1 Å². The number of β-amino-alcohol motifs (C(OH)–C–C–N with tert-alkyl or cyclic N) is 1. The van der Waals surface area contributed by atoms with E-state index in [1.165, 1.54) is 0 Å². The molecule has 0 atom stereocenters. The lowest BCUT2D eigenvalue weighted by Crippen LogP contribution is -2.49. The Balaban J connectivity index is 2.39. The standard InChI is InChI=1S/C14H27NO3/c1-5-18-12(16)11-6-8-14(17,9-7-11)10-15-13(2,3)4/h11,15,17H,5-10H2,1-4H3. The predicted octanol–water partition coefficient (Wildman–Crippen LogP) is 1.86. The second kappa shape index (κ2) is 6.02. The molecule has 1 aliphatic carbocycles. The topological polar surface area (TPSA) is 58.6 Å². The first-order valence-corrected chi connectivity index (χ1v) is 6.90. The Bertz CT molecular complexity index is 275. The molecule has 0 radical (unpaired) electrons. The van der Waals surface area contributed by atoms with Crippen molar-refractivity contribution in [2.24, 2.45) is 5.92 Å². The van der Waals surface area contributed by atoms with Crippen LogP contribution >= 0.6 is 0 Å². The van der Waals surface area contributed by atoms with Crippen molar-refractivity contribution in [3.8, 4) is 0 Å². The highest BCUT2D eigenvalue weighted by atomic mass is 16.5. The molecule has 1 saturated carbocycles. The number of aliphatic hydroxyl groups is 1.